The van der Waals surface area contributed by atoms with Crippen LogP contribution in [0.5, 0.6) is 0 Å². The highest BCUT2D eigenvalue weighted by atomic mass is 32.2. The zero-order valence-corrected chi connectivity index (χ0v) is 12.5. The van der Waals surface area contributed by atoms with E-state index in [2.05, 4.69) is 10.4 Å². The number of hydrogen-bond donors (Lipinski definition) is 1. The largest absolute Gasteiger partial charge is 0.462 e. The first-order valence-electron chi connectivity index (χ1n) is 6.33. The number of nitrogens with one attached hydrogen (secondary N) is 1. The molecule has 0 spiro atoms. The molecule has 7 heteroatoms. The minimum absolute atomic E-state index is 0.343. The SMILES string of the molecule is CCOC(=O)c1cnn(C)c1CNCCS(=O)CC. The van der Waals surface area contributed by atoms with Crippen molar-refractivity contribution in [3.63, 3.8) is 0 Å². The van der Waals surface area contributed by atoms with Crippen LogP contribution in [0.15, 0.2) is 6.20 Å². The summed E-state index contributed by atoms with van der Waals surface area (Å²) in [6, 6.07) is 0. The molecule has 108 valence electrons. The summed E-state index contributed by atoms with van der Waals surface area (Å²) < 4.78 is 17.9. The molecule has 1 heterocycles. The Labute approximate surface area is 116 Å². The maximum atomic E-state index is 11.7. The van der Waals surface area contributed by atoms with Crippen LogP contribution in [0.3, 0.4) is 0 Å². The van der Waals surface area contributed by atoms with Crippen LogP contribution < -0.4 is 5.32 Å². The molecule has 0 aromatic carbocycles. The first-order valence-corrected chi connectivity index (χ1v) is 7.82. The van der Waals surface area contributed by atoms with Crippen molar-refractivity contribution in [1.82, 2.24) is 15.1 Å². The number of carbonyl (C=O) groups excluding carboxylic acids is 1. The Morgan fingerprint density at radius 2 is 2.26 bits per heavy atom. The van der Waals surface area contributed by atoms with E-state index in [-0.39, 0.29) is 5.97 Å². The second kappa shape index (κ2) is 8.06. The lowest BCUT2D eigenvalue weighted by Crippen LogP contribution is -2.23. The molecule has 0 amide bonds. The molecule has 0 radical (unpaired) electrons. The van der Waals surface area contributed by atoms with E-state index in [9.17, 15) is 9.00 Å². The van der Waals surface area contributed by atoms with Crippen molar-refractivity contribution < 1.29 is 13.7 Å². The van der Waals surface area contributed by atoms with Gasteiger partial charge in [0.05, 0.1) is 18.5 Å². The van der Waals surface area contributed by atoms with Gasteiger partial charge in [-0.1, -0.05) is 6.92 Å². The normalized spacial score (nSPS) is 12.4. The molecule has 19 heavy (non-hydrogen) atoms. The van der Waals surface area contributed by atoms with Gasteiger partial charge in [0.2, 0.25) is 0 Å². The van der Waals surface area contributed by atoms with Crippen molar-refractivity contribution in [1.29, 1.82) is 0 Å². The quantitative estimate of drug-likeness (QED) is 0.555. The van der Waals surface area contributed by atoms with Gasteiger partial charge in [-0.05, 0) is 6.92 Å². The van der Waals surface area contributed by atoms with Crippen LogP contribution in [0.2, 0.25) is 0 Å². The van der Waals surface area contributed by atoms with Crippen LogP contribution in [0, 0.1) is 0 Å². The van der Waals surface area contributed by atoms with Gasteiger partial charge in [-0.3, -0.25) is 8.89 Å². The monoisotopic (exact) mass is 287 g/mol. The first kappa shape index (κ1) is 15.8. The van der Waals surface area contributed by atoms with Crippen LogP contribution in [-0.2, 0) is 29.1 Å². The van der Waals surface area contributed by atoms with Crippen LogP contribution in [0.4, 0.5) is 0 Å². The molecular weight excluding hydrogens is 266 g/mol. The molecule has 0 bridgehead atoms. The number of aromatic nitrogens is 2. The molecule has 1 rings (SSSR count). The van der Waals surface area contributed by atoms with Gasteiger partial charge in [0.15, 0.2) is 0 Å². The molecule has 0 aliphatic heterocycles. The topological polar surface area (TPSA) is 73.2 Å². The highest BCUT2D eigenvalue weighted by Crippen LogP contribution is 2.09. The predicted molar refractivity (Wildman–Crippen MR) is 74.4 cm³/mol. The molecule has 0 aliphatic rings. The molecule has 0 fully saturated rings. The standard InChI is InChI=1S/C12H21N3O3S/c1-4-18-12(16)10-8-14-15(3)11(10)9-13-6-7-19(17)5-2/h8,13H,4-7,9H2,1-3H3. The Hall–Kier alpha value is -1.21. The summed E-state index contributed by atoms with van der Waals surface area (Å²) in [6.45, 7) is 5.16. The summed E-state index contributed by atoms with van der Waals surface area (Å²) in [5.41, 5.74) is 1.26. The Kier molecular flexibility index (Phi) is 6.72. The fourth-order valence-corrected chi connectivity index (χ4v) is 2.25. The van der Waals surface area contributed by atoms with Gasteiger partial charge < -0.3 is 10.1 Å². The summed E-state index contributed by atoms with van der Waals surface area (Å²) >= 11 is 0. The summed E-state index contributed by atoms with van der Waals surface area (Å²) in [7, 11) is 1.01. The van der Waals surface area contributed by atoms with E-state index in [1.807, 2.05) is 6.92 Å². The first-order chi connectivity index (χ1) is 9.10. The molecule has 1 atom stereocenters. The molecule has 1 aromatic rings. The van der Waals surface area contributed by atoms with E-state index in [4.69, 9.17) is 4.74 Å². The fraction of sp³-hybridized carbons (Fsp3) is 0.667. The predicted octanol–water partition coefficient (Wildman–Crippen LogP) is 0.455. The number of rotatable bonds is 8. The number of esters is 1. The number of nitrogens with zero attached hydrogens (tertiary/aromatic N) is 2. The van der Waals surface area contributed by atoms with E-state index in [0.717, 1.165) is 5.69 Å². The fourth-order valence-electron chi connectivity index (χ4n) is 1.59. The maximum absolute atomic E-state index is 11.7. The van der Waals surface area contributed by atoms with Gasteiger partial charge in [-0.2, -0.15) is 5.10 Å². The third-order valence-electron chi connectivity index (χ3n) is 2.68. The third kappa shape index (κ3) is 4.76. The van der Waals surface area contributed by atoms with Crippen LogP contribution in [-0.4, -0.2) is 44.6 Å². The lowest BCUT2D eigenvalue weighted by Gasteiger charge is -2.07. The second-order valence-electron chi connectivity index (χ2n) is 3.96. The Morgan fingerprint density at radius 1 is 1.53 bits per heavy atom. The van der Waals surface area contributed by atoms with Gasteiger partial charge >= 0.3 is 5.97 Å². The minimum atomic E-state index is -0.774. The number of ether oxygens (including phenoxy) is 1. The molecule has 1 unspecified atom stereocenters. The van der Waals surface area contributed by atoms with Gasteiger partial charge in [-0.15, -0.1) is 0 Å². The molecule has 1 aromatic heterocycles. The van der Waals surface area contributed by atoms with Crippen molar-refractivity contribution >= 4 is 16.8 Å². The third-order valence-corrected chi connectivity index (χ3v) is 3.98. The maximum Gasteiger partial charge on any atom is 0.341 e. The van der Waals surface area contributed by atoms with Gasteiger partial charge in [0, 0.05) is 42.4 Å². The smallest absolute Gasteiger partial charge is 0.341 e. The summed E-state index contributed by atoms with van der Waals surface area (Å²) in [4.78, 5) is 11.7. The molecule has 1 N–H and O–H groups in total. The summed E-state index contributed by atoms with van der Waals surface area (Å²) in [5.74, 6) is 0.925. The Bertz CT molecular complexity index is 445. The Balaban J connectivity index is 2.55. The van der Waals surface area contributed by atoms with Gasteiger partial charge in [0.25, 0.3) is 0 Å². The molecule has 0 saturated heterocycles. The van der Waals surface area contributed by atoms with Crippen molar-refractivity contribution in [2.24, 2.45) is 7.05 Å². The zero-order valence-electron chi connectivity index (χ0n) is 11.6. The van der Waals surface area contributed by atoms with E-state index in [1.54, 1.807) is 18.7 Å². The van der Waals surface area contributed by atoms with Crippen LogP contribution >= 0.6 is 0 Å². The minimum Gasteiger partial charge on any atom is -0.462 e. The second-order valence-corrected chi connectivity index (χ2v) is 5.82. The van der Waals surface area contributed by atoms with E-state index in [1.165, 1.54) is 6.20 Å². The van der Waals surface area contributed by atoms with Crippen molar-refractivity contribution in [3.8, 4) is 0 Å². The number of hydrogen-bond acceptors (Lipinski definition) is 5. The average molecular weight is 287 g/mol. The molecule has 0 aliphatic carbocycles. The molecule has 0 saturated carbocycles. The van der Waals surface area contributed by atoms with Crippen molar-refractivity contribution in [2.45, 2.75) is 20.4 Å². The van der Waals surface area contributed by atoms with E-state index in [0.29, 0.717) is 36.8 Å². The average Bonchev–Trinajstić information content (AvgIpc) is 2.76. The van der Waals surface area contributed by atoms with E-state index < -0.39 is 10.8 Å². The van der Waals surface area contributed by atoms with Crippen molar-refractivity contribution in [2.75, 3.05) is 24.7 Å². The zero-order chi connectivity index (χ0) is 14.3. The lowest BCUT2D eigenvalue weighted by molar-refractivity contribution is 0.0524. The highest BCUT2D eigenvalue weighted by Gasteiger charge is 2.16. The molecular formula is C12H21N3O3S. The number of aryl methyl sites for hydroxylation is 1. The summed E-state index contributed by atoms with van der Waals surface area (Å²) in [6.07, 6.45) is 1.51. The lowest BCUT2D eigenvalue weighted by atomic mass is 10.2. The van der Waals surface area contributed by atoms with Crippen LogP contribution in [0.25, 0.3) is 0 Å². The molecule has 6 nitrogen and oxygen atoms in total. The highest BCUT2D eigenvalue weighted by molar-refractivity contribution is 7.84. The summed E-state index contributed by atoms with van der Waals surface area (Å²) in [5, 5.41) is 7.24. The van der Waals surface area contributed by atoms with Crippen LogP contribution in [0.1, 0.15) is 29.9 Å². The van der Waals surface area contributed by atoms with Gasteiger partial charge in [0.1, 0.15) is 5.56 Å². The van der Waals surface area contributed by atoms with Gasteiger partial charge in [-0.25, -0.2) is 4.79 Å². The van der Waals surface area contributed by atoms with E-state index >= 15 is 0 Å². The number of carbonyl (C=O) groups is 1. The van der Waals surface area contributed by atoms with Crippen molar-refractivity contribution in [3.05, 3.63) is 17.5 Å². The Morgan fingerprint density at radius 3 is 2.89 bits per heavy atom.